The minimum absolute atomic E-state index is 0.110. The molecule has 0 saturated carbocycles. The summed E-state index contributed by atoms with van der Waals surface area (Å²) in [5.41, 5.74) is 4.31. The third kappa shape index (κ3) is 6.81. The van der Waals surface area contributed by atoms with Crippen molar-refractivity contribution in [1.82, 2.24) is 15.2 Å². The molecular weight excluding hydrogens is 446 g/mol. The Kier molecular flexibility index (Phi) is 8.88. The number of nitrogens with zero attached hydrogens (tertiary/aromatic N) is 2. The molecule has 1 N–H and O–H groups in total. The highest BCUT2D eigenvalue weighted by molar-refractivity contribution is 5.84. The van der Waals surface area contributed by atoms with Gasteiger partial charge in [-0.05, 0) is 66.8 Å². The second-order valence-corrected chi connectivity index (χ2v) is 9.86. The molecule has 1 saturated heterocycles. The second kappa shape index (κ2) is 12.5. The maximum atomic E-state index is 13.6. The molecule has 5 heteroatoms. The molecule has 2 aromatic carbocycles. The van der Waals surface area contributed by atoms with Crippen LogP contribution in [0.1, 0.15) is 48.4 Å². The summed E-state index contributed by atoms with van der Waals surface area (Å²) in [7, 11) is 0. The Labute approximate surface area is 215 Å². The lowest BCUT2D eigenvalue weighted by Crippen LogP contribution is -2.51. The van der Waals surface area contributed by atoms with Gasteiger partial charge in [0.2, 0.25) is 11.8 Å². The Balaban J connectivity index is 1.36. The van der Waals surface area contributed by atoms with Gasteiger partial charge in [-0.15, -0.1) is 0 Å². The van der Waals surface area contributed by atoms with E-state index in [1.54, 1.807) is 6.20 Å². The van der Waals surface area contributed by atoms with E-state index in [-0.39, 0.29) is 11.8 Å². The fraction of sp³-hybridized carbons (Fsp3) is 0.387. The SMILES string of the molecule is CCc1ccc(CCNC(=O)C2(Cc3ccccc3)CCN(C(=O)CCc3cccnc3)CC2)cc1. The fourth-order valence-corrected chi connectivity index (χ4v) is 5.06. The summed E-state index contributed by atoms with van der Waals surface area (Å²) in [6.45, 7) is 4.00. The van der Waals surface area contributed by atoms with Crippen molar-refractivity contribution in [2.24, 2.45) is 5.41 Å². The standard InChI is InChI=1S/C31H37N3O2/c1-2-25-10-12-26(13-11-25)16-20-33-30(36)31(23-27-7-4-3-5-8-27)17-21-34(22-18-31)29(35)15-14-28-9-6-19-32-24-28/h3-13,19,24H,2,14-18,20-23H2,1H3,(H,33,36). The van der Waals surface area contributed by atoms with Gasteiger partial charge in [0.25, 0.3) is 0 Å². The number of benzene rings is 2. The summed E-state index contributed by atoms with van der Waals surface area (Å²) in [4.78, 5) is 32.5. The summed E-state index contributed by atoms with van der Waals surface area (Å²) in [6.07, 6.45) is 8.63. The lowest BCUT2D eigenvalue weighted by Gasteiger charge is -2.41. The number of aromatic nitrogens is 1. The number of hydrogen-bond donors (Lipinski definition) is 1. The Hall–Kier alpha value is -3.47. The van der Waals surface area contributed by atoms with Gasteiger partial charge in [-0.3, -0.25) is 14.6 Å². The highest BCUT2D eigenvalue weighted by Crippen LogP contribution is 2.36. The van der Waals surface area contributed by atoms with E-state index in [0.29, 0.717) is 51.7 Å². The predicted molar refractivity (Wildman–Crippen MR) is 143 cm³/mol. The van der Waals surface area contributed by atoms with Gasteiger partial charge in [0.15, 0.2) is 0 Å². The largest absolute Gasteiger partial charge is 0.355 e. The van der Waals surface area contributed by atoms with Crippen LogP contribution in [0.3, 0.4) is 0 Å². The van der Waals surface area contributed by atoms with E-state index < -0.39 is 5.41 Å². The molecule has 5 nitrogen and oxygen atoms in total. The van der Waals surface area contributed by atoms with Gasteiger partial charge in [0, 0.05) is 38.4 Å². The molecular formula is C31H37N3O2. The van der Waals surface area contributed by atoms with Crippen molar-refractivity contribution < 1.29 is 9.59 Å². The van der Waals surface area contributed by atoms with E-state index in [1.165, 1.54) is 16.7 Å². The Bertz CT molecular complexity index is 1110. The van der Waals surface area contributed by atoms with Crippen molar-refractivity contribution in [3.63, 3.8) is 0 Å². The first kappa shape index (κ1) is 25.6. The van der Waals surface area contributed by atoms with Gasteiger partial charge in [0.05, 0.1) is 5.41 Å². The molecule has 0 atom stereocenters. The maximum absolute atomic E-state index is 13.6. The van der Waals surface area contributed by atoms with Crippen LogP contribution in [0.4, 0.5) is 0 Å². The monoisotopic (exact) mass is 483 g/mol. The average Bonchev–Trinajstić information content (AvgIpc) is 2.93. The molecule has 1 fully saturated rings. The van der Waals surface area contributed by atoms with Crippen molar-refractivity contribution in [3.8, 4) is 0 Å². The summed E-state index contributed by atoms with van der Waals surface area (Å²) in [5.74, 6) is 0.266. The third-order valence-electron chi connectivity index (χ3n) is 7.42. The molecule has 0 spiro atoms. The van der Waals surface area contributed by atoms with Crippen molar-refractivity contribution >= 4 is 11.8 Å². The highest BCUT2D eigenvalue weighted by atomic mass is 16.2. The van der Waals surface area contributed by atoms with Crippen molar-refractivity contribution in [2.75, 3.05) is 19.6 Å². The smallest absolute Gasteiger partial charge is 0.226 e. The Morgan fingerprint density at radius 3 is 2.22 bits per heavy atom. The number of likely N-dealkylation sites (tertiary alicyclic amines) is 1. The van der Waals surface area contributed by atoms with Gasteiger partial charge >= 0.3 is 0 Å². The topological polar surface area (TPSA) is 62.3 Å². The van der Waals surface area contributed by atoms with Crippen molar-refractivity contribution in [1.29, 1.82) is 0 Å². The molecule has 3 aromatic rings. The van der Waals surface area contributed by atoms with E-state index in [1.807, 2.05) is 41.4 Å². The quantitative estimate of drug-likeness (QED) is 0.451. The Morgan fingerprint density at radius 2 is 1.56 bits per heavy atom. The van der Waals surface area contributed by atoms with E-state index in [4.69, 9.17) is 0 Å². The fourth-order valence-electron chi connectivity index (χ4n) is 5.06. The lowest BCUT2D eigenvalue weighted by molar-refractivity contribution is -0.140. The molecule has 1 aromatic heterocycles. The molecule has 1 aliphatic rings. The number of pyridine rings is 1. The molecule has 2 heterocycles. The maximum Gasteiger partial charge on any atom is 0.226 e. The second-order valence-electron chi connectivity index (χ2n) is 9.86. The molecule has 1 aliphatic heterocycles. The summed E-state index contributed by atoms with van der Waals surface area (Å²) in [5, 5.41) is 3.23. The average molecular weight is 484 g/mol. The molecule has 2 amide bonds. The van der Waals surface area contributed by atoms with Gasteiger partial charge in [-0.2, -0.15) is 0 Å². The van der Waals surface area contributed by atoms with Crippen LogP contribution in [0.25, 0.3) is 0 Å². The van der Waals surface area contributed by atoms with Crippen LogP contribution in [0.5, 0.6) is 0 Å². The number of carbonyl (C=O) groups is 2. The Morgan fingerprint density at radius 1 is 0.861 bits per heavy atom. The van der Waals surface area contributed by atoms with Gasteiger partial charge in [0.1, 0.15) is 0 Å². The number of rotatable bonds is 10. The van der Waals surface area contributed by atoms with E-state index in [9.17, 15) is 9.59 Å². The number of hydrogen-bond acceptors (Lipinski definition) is 3. The first-order chi connectivity index (χ1) is 17.6. The molecule has 4 rings (SSSR count). The van der Waals surface area contributed by atoms with E-state index in [2.05, 4.69) is 53.6 Å². The molecule has 188 valence electrons. The minimum Gasteiger partial charge on any atom is -0.355 e. The van der Waals surface area contributed by atoms with Gasteiger partial charge < -0.3 is 10.2 Å². The molecule has 0 unspecified atom stereocenters. The van der Waals surface area contributed by atoms with E-state index in [0.717, 1.165) is 18.4 Å². The van der Waals surface area contributed by atoms with Crippen LogP contribution in [0.2, 0.25) is 0 Å². The molecule has 0 radical (unpaired) electrons. The van der Waals surface area contributed by atoms with Crippen LogP contribution < -0.4 is 5.32 Å². The summed E-state index contributed by atoms with van der Waals surface area (Å²) >= 11 is 0. The number of nitrogens with one attached hydrogen (secondary N) is 1. The molecule has 0 bridgehead atoms. The lowest BCUT2D eigenvalue weighted by atomic mass is 9.72. The first-order valence-electron chi connectivity index (χ1n) is 13.1. The zero-order valence-corrected chi connectivity index (χ0v) is 21.3. The van der Waals surface area contributed by atoms with Crippen molar-refractivity contribution in [2.45, 2.75) is 51.9 Å². The van der Waals surface area contributed by atoms with Crippen LogP contribution in [-0.2, 0) is 35.3 Å². The van der Waals surface area contributed by atoms with Crippen LogP contribution in [0, 0.1) is 5.41 Å². The normalized spacial score (nSPS) is 14.9. The number of aryl methyl sites for hydroxylation is 2. The zero-order valence-electron chi connectivity index (χ0n) is 21.3. The number of amides is 2. The first-order valence-corrected chi connectivity index (χ1v) is 13.1. The number of piperidine rings is 1. The van der Waals surface area contributed by atoms with Crippen molar-refractivity contribution in [3.05, 3.63) is 101 Å². The zero-order chi connectivity index (χ0) is 25.2. The predicted octanol–water partition coefficient (Wildman–Crippen LogP) is 4.79. The van der Waals surface area contributed by atoms with Gasteiger partial charge in [-0.25, -0.2) is 0 Å². The van der Waals surface area contributed by atoms with Crippen LogP contribution >= 0.6 is 0 Å². The summed E-state index contributed by atoms with van der Waals surface area (Å²) < 4.78 is 0. The molecule has 36 heavy (non-hydrogen) atoms. The van der Waals surface area contributed by atoms with E-state index >= 15 is 0 Å². The number of carbonyl (C=O) groups excluding carboxylic acids is 2. The van der Waals surface area contributed by atoms with Crippen LogP contribution in [0.15, 0.2) is 79.1 Å². The minimum atomic E-state index is -0.493. The summed E-state index contributed by atoms with van der Waals surface area (Å²) in [6, 6.07) is 22.8. The third-order valence-corrected chi connectivity index (χ3v) is 7.42. The van der Waals surface area contributed by atoms with Gasteiger partial charge in [-0.1, -0.05) is 67.6 Å². The molecule has 0 aliphatic carbocycles. The highest BCUT2D eigenvalue weighted by Gasteiger charge is 2.42. The van der Waals surface area contributed by atoms with Crippen LogP contribution in [-0.4, -0.2) is 41.3 Å².